The number of hydrazine groups is 1. The topological polar surface area (TPSA) is 101 Å². The number of aromatic nitrogens is 2. The van der Waals surface area contributed by atoms with Crippen molar-refractivity contribution in [2.24, 2.45) is 23.6 Å². The monoisotopic (exact) mass is 275 g/mol. The first-order valence-electron chi connectivity index (χ1n) is 7.46. The summed E-state index contributed by atoms with van der Waals surface area (Å²) in [5.41, 5.74) is 5.39. The number of nitrogens with two attached hydrogens (primary N) is 2. The number of anilines is 2. The molecule has 0 aromatic carbocycles. The van der Waals surface area contributed by atoms with Gasteiger partial charge >= 0.3 is 0 Å². The van der Waals surface area contributed by atoms with Crippen LogP contribution < -0.4 is 22.1 Å². The quantitative estimate of drug-likeness (QED) is 0.552. The average Bonchev–Trinajstić information content (AvgIpc) is 2.35. The van der Waals surface area contributed by atoms with Crippen LogP contribution in [0, 0.1) is 17.8 Å². The molecule has 4 saturated carbocycles. The van der Waals surface area contributed by atoms with Crippen LogP contribution in [0.1, 0.15) is 38.5 Å². The summed E-state index contributed by atoms with van der Waals surface area (Å²) in [7, 11) is 0. The molecule has 0 spiro atoms. The summed E-state index contributed by atoms with van der Waals surface area (Å²) in [6, 6.07) is 1.45. The van der Waals surface area contributed by atoms with E-state index in [4.69, 9.17) is 11.6 Å². The molecule has 5 rings (SSSR count). The van der Waals surface area contributed by atoms with Crippen LogP contribution in [0.3, 0.4) is 0 Å². The number of nitrogens with one attached hydrogen (secondary N) is 1. The number of nitrogens with zero attached hydrogens (tertiary/aromatic N) is 2. The van der Waals surface area contributed by atoms with E-state index in [1.165, 1.54) is 25.3 Å². The van der Waals surface area contributed by atoms with E-state index in [1.807, 2.05) is 0 Å². The predicted octanol–water partition coefficient (Wildman–Crippen LogP) is 1.00. The minimum absolute atomic E-state index is 0.0119. The van der Waals surface area contributed by atoms with Gasteiger partial charge in [-0.25, -0.2) is 5.84 Å². The lowest BCUT2D eigenvalue weighted by molar-refractivity contribution is -0.00477. The van der Waals surface area contributed by atoms with Gasteiger partial charge < -0.3 is 5.73 Å². The average molecular weight is 275 g/mol. The minimum Gasteiger partial charge on any atom is -0.369 e. The predicted molar refractivity (Wildman–Crippen MR) is 76.8 cm³/mol. The molecule has 4 fully saturated rings. The van der Waals surface area contributed by atoms with E-state index in [1.54, 1.807) is 5.01 Å². The van der Waals surface area contributed by atoms with E-state index >= 15 is 0 Å². The summed E-state index contributed by atoms with van der Waals surface area (Å²) in [5.74, 6) is 9.43. The van der Waals surface area contributed by atoms with Crippen molar-refractivity contribution in [3.63, 3.8) is 0 Å². The number of rotatable bonds is 2. The lowest BCUT2D eigenvalue weighted by Gasteiger charge is -2.59. The molecule has 1 aromatic rings. The SMILES string of the molecule is Nc1nc(N(N)C23CC4CC(CC(C4)C2)C3)cc(=O)[nH]1. The maximum atomic E-state index is 11.6. The van der Waals surface area contributed by atoms with Gasteiger partial charge in [0, 0.05) is 6.07 Å². The fourth-order valence-electron chi connectivity index (χ4n) is 5.19. The zero-order valence-corrected chi connectivity index (χ0v) is 11.5. The molecule has 1 heterocycles. The molecule has 0 amide bonds. The first-order chi connectivity index (χ1) is 9.54. The van der Waals surface area contributed by atoms with E-state index in [9.17, 15) is 4.79 Å². The van der Waals surface area contributed by atoms with Crippen LogP contribution in [0.5, 0.6) is 0 Å². The molecule has 6 nitrogen and oxygen atoms in total. The van der Waals surface area contributed by atoms with Gasteiger partial charge in [0.15, 0.2) is 5.82 Å². The molecule has 1 aromatic heterocycles. The summed E-state index contributed by atoms with van der Waals surface area (Å²) < 4.78 is 0. The summed E-state index contributed by atoms with van der Waals surface area (Å²) in [5, 5.41) is 1.75. The number of hydrogen-bond donors (Lipinski definition) is 3. The van der Waals surface area contributed by atoms with E-state index in [2.05, 4.69) is 9.97 Å². The fraction of sp³-hybridized carbons (Fsp3) is 0.714. The zero-order valence-electron chi connectivity index (χ0n) is 11.5. The molecule has 4 aliphatic carbocycles. The van der Waals surface area contributed by atoms with Gasteiger partial charge in [0.25, 0.3) is 5.56 Å². The first-order valence-corrected chi connectivity index (χ1v) is 7.46. The molecule has 0 radical (unpaired) electrons. The summed E-state index contributed by atoms with van der Waals surface area (Å²) in [6.07, 6.45) is 7.46. The van der Waals surface area contributed by atoms with Crippen LogP contribution >= 0.6 is 0 Å². The Kier molecular flexibility index (Phi) is 2.42. The molecule has 20 heavy (non-hydrogen) atoms. The van der Waals surface area contributed by atoms with Crippen LogP contribution in [0.15, 0.2) is 10.9 Å². The molecular formula is C14H21N5O. The van der Waals surface area contributed by atoms with Crippen LogP contribution in [0.2, 0.25) is 0 Å². The van der Waals surface area contributed by atoms with Crippen LogP contribution in [0.25, 0.3) is 0 Å². The van der Waals surface area contributed by atoms with Gasteiger partial charge in [-0.15, -0.1) is 0 Å². The third-order valence-corrected chi connectivity index (χ3v) is 5.51. The molecule has 6 heteroatoms. The van der Waals surface area contributed by atoms with Crippen molar-refractivity contribution >= 4 is 11.8 Å². The van der Waals surface area contributed by atoms with Gasteiger partial charge in [0.05, 0.1) is 5.54 Å². The number of hydrogen-bond acceptors (Lipinski definition) is 5. The molecular weight excluding hydrogens is 254 g/mol. The second kappa shape index (κ2) is 3.97. The van der Waals surface area contributed by atoms with Crippen LogP contribution in [-0.2, 0) is 0 Å². The number of H-pyrrole nitrogens is 1. The Morgan fingerprint density at radius 2 is 1.75 bits per heavy atom. The highest BCUT2D eigenvalue weighted by Gasteiger charge is 2.53. The summed E-state index contributed by atoms with van der Waals surface area (Å²) in [4.78, 5) is 18.3. The molecule has 0 atom stereocenters. The van der Waals surface area contributed by atoms with Gasteiger partial charge in [-0.1, -0.05) is 0 Å². The van der Waals surface area contributed by atoms with Gasteiger partial charge in [-0.3, -0.25) is 14.8 Å². The molecule has 108 valence electrons. The highest BCUT2D eigenvalue weighted by molar-refractivity contribution is 5.43. The highest BCUT2D eigenvalue weighted by Crippen LogP contribution is 2.57. The second-order valence-corrected chi connectivity index (χ2v) is 7.00. The number of nitrogen functional groups attached to an aromatic ring is 1. The fourth-order valence-corrected chi connectivity index (χ4v) is 5.19. The molecule has 4 aliphatic rings. The van der Waals surface area contributed by atoms with E-state index < -0.39 is 0 Å². The van der Waals surface area contributed by atoms with Crippen molar-refractivity contribution in [1.29, 1.82) is 0 Å². The van der Waals surface area contributed by atoms with Crippen LogP contribution in [-0.4, -0.2) is 15.5 Å². The van der Waals surface area contributed by atoms with Crippen molar-refractivity contribution < 1.29 is 0 Å². The largest absolute Gasteiger partial charge is 0.369 e. The van der Waals surface area contributed by atoms with Gasteiger partial charge in [-0.2, -0.15) is 4.98 Å². The molecule has 5 N–H and O–H groups in total. The van der Waals surface area contributed by atoms with Gasteiger partial charge in [0.2, 0.25) is 5.95 Å². The van der Waals surface area contributed by atoms with E-state index in [0.717, 1.165) is 37.0 Å². The van der Waals surface area contributed by atoms with E-state index in [-0.39, 0.29) is 17.0 Å². The van der Waals surface area contributed by atoms with E-state index in [0.29, 0.717) is 5.82 Å². The normalized spacial score (nSPS) is 38.1. The van der Waals surface area contributed by atoms with Crippen molar-refractivity contribution in [3.05, 3.63) is 16.4 Å². The second-order valence-electron chi connectivity index (χ2n) is 7.00. The van der Waals surface area contributed by atoms with Crippen molar-refractivity contribution in [2.75, 3.05) is 10.7 Å². The Balaban J connectivity index is 1.71. The van der Waals surface area contributed by atoms with Gasteiger partial charge in [-0.05, 0) is 56.3 Å². The molecule has 0 saturated heterocycles. The maximum absolute atomic E-state index is 11.6. The van der Waals surface area contributed by atoms with Crippen molar-refractivity contribution in [1.82, 2.24) is 9.97 Å². The Morgan fingerprint density at radius 1 is 1.20 bits per heavy atom. The van der Waals surface area contributed by atoms with Crippen LogP contribution in [0.4, 0.5) is 11.8 Å². The van der Waals surface area contributed by atoms with Gasteiger partial charge in [0.1, 0.15) is 0 Å². The maximum Gasteiger partial charge on any atom is 0.254 e. The number of aromatic amines is 1. The summed E-state index contributed by atoms with van der Waals surface area (Å²) >= 11 is 0. The smallest absolute Gasteiger partial charge is 0.254 e. The molecule has 4 bridgehead atoms. The van der Waals surface area contributed by atoms with Crippen molar-refractivity contribution in [2.45, 2.75) is 44.1 Å². The minimum atomic E-state index is -0.243. The Morgan fingerprint density at radius 3 is 2.25 bits per heavy atom. The Labute approximate surface area is 117 Å². The standard InChI is InChI=1S/C14H21N5O/c15-13-17-11(4-12(20)18-13)19(16)14-5-8-1-9(6-14)3-10(2-8)7-14/h4,8-10H,1-3,5-7,16H2,(H3,15,17,18,20). The Bertz CT molecular complexity index is 560. The zero-order chi connectivity index (χ0) is 13.9. The lowest BCUT2D eigenvalue weighted by Crippen LogP contribution is -2.63. The molecule has 0 aliphatic heterocycles. The summed E-state index contributed by atoms with van der Waals surface area (Å²) in [6.45, 7) is 0. The van der Waals surface area contributed by atoms with Crippen molar-refractivity contribution in [3.8, 4) is 0 Å². The third kappa shape index (κ3) is 1.74. The third-order valence-electron chi connectivity index (χ3n) is 5.51. The first kappa shape index (κ1) is 12.2. The highest BCUT2D eigenvalue weighted by atomic mass is 16.1. The lowest BCUT2D eigenvalue weighted by atomic mass is 9.53. The molecule has 0 unspecified atom stereocenters. The Hall–Kier alpha value is -1.56.